The lowest BCUT2D eigenvalue weighted by Gasteiger charge is -2.46. The number of carbonyl (C=O) groups is 2. The number of amides is 2. The van der Waals surface area contributed by atoms with Gasteiger partial charge < -0.3 is 9.80 Å². The number of nitrogens with zero attached hydrogens (tertiary/aromatic N) is 4. The standard InChI is InChI=1S/C20H21FN4O2/c1-23-12-18(26)25(15-5-3-2-4-6-15)14-20(23)8-10-24(13-20)19(27)16-7-9-22-11-17(16)21/h2-7,9,11H,8,10,12-14H2,1H3/t20-/m0/s1. The Morgan fingerprint density at radius 3 is 2.70 bits per heavy atom. The van der Waals surface area contributed by atoms with Gasteiger partial charge in [-0.1, -0.05) is 18.2 Å². The highest BCUT2D eigenvalue weighted by Crippen LogP contribution is 2.34. The number of benzene rings is 1. The molecular weight excluding hydrogens is 347 g/mol. The van der Waals surface area contributed by atoms with Crippen molar-refractivity contribution in [2.45, 2.75) is 12.0 Å². The quantitative estimate of drug-likeness (QED) is 0.811. The van der Waals surface area contributed by atoms with Gasteiger partial charge in [-0.15, -0.1) is 0 Å². The number of hydrogen-bond donors (Lipinski definition) is 0. The van der Waals surface area contributed by atoms with Crippen molar-refractivity contribution >= 4 is 17.5 Å². The Kier molecular flexibility index (Phi) is 4.39. The normalized spacial score (nSPS) is 23.3. The van der Waals surface area contributed by atoms with E-state index in [-0.39, 0.29) is 22.9 Å². The SMILES string of the molecule is CN1CC(=O)N(c2ccccc2)C[C@@]12CCN(C(=O)c1ccncc1F)C2. The van der Waals surface area contributed by atoms with Crippen LogP contribution in [-0.4, -0.2) is 65.4 Å². The third kappa shape index (κ3) is 3.08. The third-order valence-electron chi connectivity index (χ3n) is 5.63. The average Bonchev–Trinajstić information content (AvgIpc) is 3.11. The average molecular weight is 368 g/mol. The lowest BCUT2D eigenvalue weighted by molar-refractivity contribution is -0.123. The number of rotatable bonds is 2. The summed E-state index contributed by atoms with van der Waals surface area (Å²) in [6.07, 6.45) is 3.21. The van der Waals surface area contributed by atoms with Crippen LogP contribution >= 0.6 is 0 Å². The fraction of sp³-hybridized carbons (Fsp3) is 0.350. The molecule has 3 heterocycles. The van der Waals surface area contributed by atoms with Crippen LogP contribution in [0.1, 0.15) is 16.8 Å². The number of anilines is 1. The van der Waals surface area contributed by atoms with E-state index >= 15 is 0 Å². The summed E-state index contributed by atoms with van der Waals surface area (Å²) in [4.78, 5) is 34.6. The highest BCUT2D eigenvalue weighted by molar-refractivity contribution is 5.97. The molecule has 2 aliphatic rings. The highest BCUT2D eigenvalue weighted by atomic mass is 19.1. The van der Waals surface area contributed by atoms with Gasteiger partial charge in [0.25, 0.3) is 5.91 Å². The van der Waals surface area contributed by atoms with Gasteiger partial charge in [-0.2, -0.15) is 0 Å². The van der Waals surface area contributed by atoms with E-state index in [0.29, 0.717) is 26.2 Å². The van der Waals surface area contributed by atoms with E-state index in [1.54, 1.807) is 9.80 Å². The lowest BCUT2D eigenvalue weighted by atomic mass is 9.92. The van der Waals surface area contributed by atoms with Gasteiger partial charge >= 0.3 is 0 Å². The Bertz CT molecular complexity index is 875. The maximum absolute atomic E-state index is 14.0. The van der Waals surface area contributed by atoms with Gasteiger partial charge in [0.05, 0.1) is 23.8 Å². The van der Waals surface area contributed by atoms with E-state index in [1.807, 2.05) is 42.3 Å². The fourth-order valence-electron chi connectivity index (χ4n) is 3.99. The lowest BCUT2D eigenvalue weighted by Crippen LogP contribution is -2.64. The van der Waals surface area contributed by atoms with E-state index in [9.17, 15) is 14.0 Å². The summed E-state index contributed by atoms with van der Waals surface area (Å²) in [5.74, 6) is -0.899. The summed E-state index contributed by atoms with van der Waals surface area (Å²) in [6.45, 7) is 1.79. The topological polar surface area (TPSA) is 56.8 Å². The summed E-state index contributed by atoms with van der Waals surface area (Å²) in [5, 5.41) is 0. The first-order valence-corrected chi connectivity index (χ1v) is 8.96. The molecule has 0 N–H and O–H groups in total. The molecule has 27 heavy (non-hydrogen) atoms. The minimum atomic E-state index is -0.610. The fourth-order valence-corrected chi connectivity index (χ4v) is 3.99. The van der Waals surface area contributed by atoms with E-state index < -0.39 is 5.82 Å². The van der Waals surface area contributed by atoms with Gasteiger partial charge in [-0.05, 0) is 31.7 Å². The molecule has 2 amide bonds. The Labute approximate surface area is 157 Å². The molecule has 2 fully saturated rings. The predicted octanol–water partition coefficient (Wildman–Crippen LogP) is 1.78. The highest BCUT2D eigenvalue weighted by Gasteiger charge is 2.48. The first kappa shape index (κ1) is 17.6. The van der Waals surface area contributed by atoms with Crippen molar-refractivity contribution in [2.75, 3.05) is 38.1 Å². The van der Waals surface area contributed by atoms with Crippen molar-refractivity contribution in [1.29, 1.82) is 0 Å². The number of likely N-dealkylation sites (N-methyl/N-ethyl adjacent to an activating group) is 1. The smallest absolute Gasteiger partial charge is 0.257 e. The van der Waals surface area contributed by atoms with Gasteiger partial charge in [0.1, 0.15) is 0 Å². The summed E-state index contributed by atoms with van der Waals surface area (Å²) in [7, 11) is 1.92. The summed E-state index contributed by atoms with van der Waals surface area (Å²) in [5.41, 5.74) is 0.569. The molecule has 0 unspecified atom stereocenters. The second-order valence-electron chi connectivity index (χ2n) is 7.23. The Hall–Kier alpha value is -2.80. The molecule has 0 aliphatic carbocycles. The molecule has 6 nitrogen and oxygen atoms in total. The van der Waals surface area contributed by atoms with Gasteiger partial charge in [-0.25, -0.2) is 4.39 Å². The van der Waals surface area contributed by atoms with Crippen molar-refractivity contribution in [1.82, 2.24) is 14.8 Å². The number of para-hydroxylation sites is 1. The predicted molar refractivity (Wildman–Crippen MR) is 98.9 cm³/mol. The maximum Gasteiger partial charge on any atom is 0.257 e. The number of carbonyl (C=O) groups excluding carboxylic acids is 2. The molecular formula is C20H21FN4O2. The molecule has 2 aromatic rings. The van der Waals surface area contributed by atoms with E-state index in [0.717, 1.165) is 18.3 Å². The van der Waals surface area contributed by atoms with Crippen LogP contribution in [0.25, 0.3) is 0 Å². The molecule has 7 heteroatoms. The van der Waals surface area contributed by atoms with Gasteiger partial charge in [0.2, 0.25) is 5.91 Å². The summed E-state index contributed by atoms with van der Waals surface area (Å²) < 4.78 is 14.0. The molecule has 1 spiro atoms. The molecule has 2 aliphatic heterocycles. The number of likely N-dealkylation sites (tertiary alicyclic amines) is 1. The number of piperazine rings is 1. The van der Waals surface area contributed by atoms with Crippen molar-refractivity contribution in [3.63, 3.8) is 0 Å². The molecule has 0 saturated carbocycles. The van der Waals surface area contributed by atoms with Crippen molar-refractivity contribution < 1.29 is 14.0 Å². The first-order chi connectivity index (χ1) is 13.0. The molecule has 1 aromatic heterocycles. The number of pyridine rings is 1. The van der Waals surface area contributed by atoms with E-state index in [1.165, 1.54) is 12.3 Å². The van der Waals surface area contributed by atoms with Crippen LogP contribution in [-0.2, 0) is 4.79 Å². The zero-order chi connectivity index (χ0) is 19.0. The van der Waals surface area contributed by atoms with Gasteiger partial charge in [-0.3, -0.25) is 19.5 Å². The zero-order valence-electron chi connectivity index (χ0n) is 15.1. The second kappa shape index (κ2) is 6.74. The van der Waals surface area contributed by atoms with Crippen LogP contribution in [0.5, 0.6) is 0 Å². The summed E-state index contributed by atoms with van der Waals surface area (Å²) >= 11 is 0. The number of hydrogen-bond acceptors (Lipinski definition) is 4. The summed E-state index contributed by atoms with van der Waals surface area (Å²) in [6, 6.07) is 11.0. The monoisotopic (exact) mass is 368 g/mol. The maximum atomic E-state index is 14.0. The minimum Gasteiger partial charge on any atom is -0.337 e. The van der Waals surface area contributed by atoms with Gasteiger partial charge in [0.15, 0.2) is 5.82 Å². The van der Waals surface area contributed by atoms with Crippen molar-refractivity contribution in [2.24, 2.45) is 0 Å². The minimum absolute atomic E-state index is 0.0384. The van der Waals surface area contributed by atoms with Crippen LogP contribution in [0.3, 0.4) is 0 Å². The van der Waals surface area contributed by atoms with Crippen LogP contribution in [0.2, 0.25) is 0 Å². The van der Waals surface area contributed by atoms with Crippen LogP contribution < -0.4 is 4.90 Å². The molecule has 1 aromatic carbocycles. The zero-order valence-corrected chi connectivity index (χ0v) is 15.1. The molecule has 140 valence electrons. The Morgan fingerprint density at radius 1 is 1.19 bits per heavy atom. The molecule has 1 atom stereocenters. The van der Waals surface area contributed by atoms with Crippen LogP contribution in [0.4, 0.5) is 10.1 Å². The molecule has 0 radical (unpaired) electrons. The Morgan fingerprint density at radius 2 is 1.96 bits per heavy atom. The van der Waals surface area contributed by atoms with Gasteiger partial charge in [0, 0.05) is 31.5 Å². The van der Waals surface area contributed by atoms with E-state index in [4.69, 9.17) is 0 Å². The van der Waals surface area contributed by atoms with Crippen LogP contribution in [0, 0.1) is 5.82 Å². The molecule has 4 rings (SSSR count). The first-order valence-electron chi connectivity index (χ1n) is 8.96. The largest absolute Gasteiger partial charge is 0.337 e. The number of aromatic nitrogens is 1. The van der Waals surface area contributed by atoms with Crippen LogP contribution in [0.15, 0.2) is 48.8 Å². The van der Waals surface area contributed by atoms with Crippen molar-refractivity contribution in [3.05, 3.63) is 60.2 Å². The van der Waals surface area contributed by atoms with Crippen molar-refractivity contribution in [3.8, 4) is 0 Å². The number of halogens is 1. The van der Waals surface area contributed by atoms with E-state index in [2.05, 4.69) is 4.98 Å². The second-order valence-corrected chi connectivity index (χ2v) is 7.23. The third-order valence-corrected chi connectivity index (χ3v) is 5.63. The Balaban J connectivity index is 1.57. The molecule has 2 saturated heterocycles. The molecule has 0 bridgehead atoms.